The van der Waals surface area contributed by atoms with E-state index in [1.54, 1.807) is 12.1 Å². The van der Waals surface area contributed by atoms with Gasteiger partial charge in [-0.1, -0.05) is 11.6 Å². The number of nitrogens with one attached hydrogen (secondary N) is 1. The number of sulfonamides is 1. The molecule has 0 bridgehead atoms. The van der Waals surface area contributed by atoms with Crippen LogP contribution < -0.4 is 15.2 Å². The van der Waals surface area contributed by atoms with Gasteiger partial charge in [0.05, 0.1) is 22.7 Å². The first kappa shape index (κ1) is 14.4. The van der Waals surface area contributed by atoms with Gasteiger partial charge in [0.15, 0.2) is 0 Å². The van der Waals surface area contributed by atoms with E-state index in [4.69, 9.17) is 22.1 Å². The minimum absolute atomic E-state index is 0.0249. The lowest BCUT2D eigenvalue weighted by molar-refractivity contribution is 0.415. The maximum atomic E-state index is 12.2. The third kappa shape index (κ3) is 3.12. The number of rotatable bonds is 4. The van der Waals surface area contributed by atoms with E-state index >= 15 is 0 Å². The summed E-state index contributed by atoms with van der Waals surface area (Å²) in [6, 6.07) is 7.20. The number of ether oxygens (including phenoxy) is 1. The SMILES string of the molecule is COc1ccc(NS(=O)(=O)c2ccnc(N)c2)cc1Cl. The normalized spacial score (nSPS) is 11.1. The first-order chi connectivity index (χ1) is 9.42. The van der Waals surface area contributed by atoms with Crippen LogP contribution in [0.4, 0.5) is 11.5 Å². The summed E-state index contributed by atoms with van der Waals surface area (Å²) in [7, 11) is -2.26. The van der Waals surface area contributed by atoms with Crippen LogP contribution in [-0.4, -0.2) is 20.5 Å². The standard InChI is InChI=1S/C12H12ClN3O3S/c1-19-11-3-2-8(6-10(11)13)16-20(17,18)9-4-5-15-12(14)7-9/h2-7,16H,1H3,(H2,14,15). The number of nitrogen functional groups attached to an aromatic ring is 1. The van der Waals surface area contributed by atoms with Gasteiger partial charge in [-0.2, -0.15) is 0 Å². The molecule has 106 valence electrons. The van der Waals surface area contributed by atoms with Crippen molar-refractivity contribution in [2.45, 2.75) is 4.90 Å². The van der Waals surface area contributed by atoms with Crippen LogP contribution in [0, 0.1) is 0 Å². The highest BCUT2D eigenvalue weighted by molar-refractivity contribution is 7.92. The van der Waals surface area contributed by atoms with Crippen molar-refractivity contribution in [2.75, 3.05) is 17.6 Å². The Morgan fingerprint density at radius 1 is 1.30 bits per heavy atom. The van der Waals surface area contributed by atoms with Gasteiger partial charge in [0.1, 0.15) is 11.6 Å². The van der Waals surface area contributed by atoms with Crippen molar-refractivity contribution < 1.29 is 13.2 Å². The largest absolute Gasteiger partial charge is 0.495 e. The van der Waals surface area contributed by atoms with Crippen molar-refractivity contribution in [1.82, 2.24) is 4.98 Å². The first-order valence-corrected chi connectivity index (χ1v) is 7.36. The summed E-state index contributed by atoms with van der Waals surface area (Å²) in [4.78, 5) is 3.77. The number of hydrogen-bond donors (Lipinski definition) is 2. The molecule has 8 heteroatoms. The number of aromatic nitrogens is 1. The van der Waals surface area contributed by atoms with Gasteiger partial charge < -0.3 is 10.5 Å². The van der Waals surface area contributed by atoms with E-state index < -0.39 is 10.0 Å². The van der Waals surface area contributed by atoms with Gasteiger partial charge in [0.2, 0.25) is 0 Å². The van der Waals surface area contributed by atoms with Gasteiger partial charge in [0, 0.05) is 12.3 Å². The van der Waals surface area contributed by atoms with Crippen LogP contribution in [0.3, 0.4) is 0 Å². The number of anilines is 2. The van der Waals surface area contributed by atoms with Crippen LogP contribution in [0.5, 0.6) is 5.75 Å². The summed E-state index contributed by atoms with van der Waals surface area (Å²) in [6.45, 7) is 0. The number of halogens is 1. The van der Waals surface area contributed by atoms with Gasteiger partial charge in [-0.3, -0.25) is 4.72 Å². The van der Waals surface area contributed by atoms with E-state index in [-0.39, 0.29) is 10.7 Å². The Labute approximate surface area is 121 Å². The number of methoxy groups -OCH3 is 1. The van der Waals surface area contributed by atoms with E-state index in [0.717, 1.165) is 0 Å². The molecule has 0 spiro atoms. The zero-order valence-corrected chi connectivity index (χ0v) is 12.1. The number of nitrogens with zero attached hydrogens (tertiary/aromatic N) is 1. The third-order valence-electron chi connectivity index (χ3n) is 2.47. The molecule has 0 amide bonds. The second kappa shape index (κ2) is 5.56. The van der Waals surface area contributed by atoms with Crippen molar-refractivity contribution in [1.29, 1.82) is 0 Å². The van der Waals surface area contributed by atoms with Crippen molar-refractivity contribution in [2.24, 2.45) is 0 Å². The quantitative estimate of drug-likeness (QED) is 0.901. The predicted molar refractivity (Wildman–Crippen MR) is 77.5 cm³/mol. The zero-order valence-electron chi connectivity index (χ0n) is 10.5. The van der Waals surface area contributed by atoms with Gasteiger partial charge >= 0.3 is 0 Å². The second-order valence-corrected chi connectivity index (χ2v) is 5.96. The Hall–Kier alpha value is -1.99. The Morgan fingerprint density at radius 3 is 2.65 bits per heavy atom. The predicted octanol–water partition coefficient (Wildman–Crippen LogP) is 2.13. The summed E-state index contributed by atoms with van der Waals surface area (Å²) in [5.41, 5.74) is 5.79. The Bertz CT molecular complexity index is 734. The Balaban J connectivity index is 2.31. The van der Waals surface area contributed by atoms with Crippen LogP contribution in [0.1, 0.15) is 0 Å². The average Bonchev–Trinajstić information content (AvgIpc) is 2.38. The molecule has 2 rings (SSSR count). The average molecular weight is 314 g/mol. The molecule has 0 saturated heterocycles. The molecule has 0 aliphatic rings. The van der Waals surface area contributed by atoms with Crippen LogP contribution in [0.25, 0.3) is 0 Å². The van der Waals surface area contributed by atoms with E-state index in [1.165, 1.54) is 31.5 Å². The fourth-order valence-corrected chi connectivity index (χ4v) is 2.87. The molecule has 3 N–H and O–H groups in total. The Morgan fingerprint density at radius 2 is 2.05 bits per heavy atom. The lowest BCUT2D eigenvalue weighted by atomic mass is 10.3. The van der Waals surface area contributed by atoms with Crippen LogP contribution >= 0.6 is 11.6 Å². The fraction of sp³-hybridized carbons (Fsp3) is 0.0833. The molecule has 6 nitrogen and oxygen atoms in total. The number of pyridine rings is 1. The lowest BCUT2D eigenvalue weighted by Gasteiger charge is -2.10. The van der Waals surface area contributed by atoms with Crippen LogP contribution in [0.15, 0.2) is 41.4 Å². The molecular weight excluding hydrogens is 302 g/mol. The maximum absolute atomic E-state index is 12.2. The van der Waals surface area contributed by atoms with Gasteiger partial charge in [0.25, 0.3) is 10.0 Å². The summed E-state index contributed by atoms with van der Waals surface area (Å²) >= 11 is 5.94. The van der Waals surface area contributed by atoms with Gasteiger partial charge in [-0.15, -0.1) is 0 Å². The highest BCUT2D eigenvalue weighted by Gasteiger charge is 2.15. The number of nitrogens with two attached hydrogens (primary N) is 1. The number of benzene rings is 1. The highest BCUT2D eigenvalue weighted by atomic mass is 35.5. The van der Waals surface area contributed by atoms with Crippen molar-refractivity contribution in [3.63, 3.8) is 0 Å². The third-order valence-corrected chi connectivity index (χ3v) is 4.14. The highest BCUT2D eigenvalue weighted by Crippen LogP contribution is 2.28. The van der Waals surface area contributed by atoms with E-state index in [0.29, 0.717) is 16.5 Å². The molecule has 1 aromatic heterocycles. The lowest BCUT2D eigenvalue weighted by Crippen LogP contribution is -2.13. The van der Waals surface area contributed by atoms with Crippen molar-refractivity contribution in [3.05, 3.63) is 41.6 Å². The molecule has 0 unspecified atom stereocenters. The van der Waals surface area contributed by atoms with E-state index in [2.05, 4.69) is 9.71 Å². The summed E-state index contributed by atoms with van der Waals surface area (Å²) in [5.74, 6) is 0.586. The molecular formula is C12H12ClN3O3S. The molecule has 1 heterocycles. The minimum atomic E-state index is -3.74. The molecule has 0 aliphatic heterocycles. The van der Waals surface area contributed by atoms with Crippen LogP contribution in [-0.2, 0) is 10.0 Å². The summed E-state index contributed by atoms with van der Waals surface area (Å²) in [6.07, 6.45) is 1.32. The molecule has 0 atom stereocenters. The molecule has 0 radical (unpaired) electrons. The molecule has 2 aromatic rings. The fourth-order valence-electron chi connectivity index (χ4n) is 1.54. The van der Waals surface area contributed by atoms with E-state index in [1.807, 2.05) is 0 Å². The Kier molecular flexibility index (Phi) is 4.01. The van der Waals surface area contributed by atoms with E-state index in [9.17, 15) is 8.42 Å². The number of hydrogen-bond acceptors (Lipinski definition) is 5. The van der Waals surface area contributed by atoms with Gasteiger partial charge in [-0.25, -0.2) is 13.4 Å². The molecule has 0 fully saturated rings. The molecule has 0 saturated carbocycles. The van der Waals surface area contributed by atoms with Crippen LogP contribution in [0.2, 0.25) is 5.02 Å². The maximum Gasteiger partial charge on any atom is 0.262 e. The molecule has 1 aromatic carbocycles. The molecule has 20 heavy (non-hydrogen) atoms. The monoisotopic (exact) mass is 313 g/mol. The van der Waals surface area contributed by atoms with Crippen molar-refractivity contribution >= 4 is 33.1 Å². The second-order valence-electron chi connectivity index (χ2n) is 3.87. The smallest absolute Gasteiger partial charge is 0.262 e. The van der Waals surface area contributed by atoms with Crippen molar-refractivity contribution in [3.8, 4) is 5.75 Å². The zero-order chi connectivity index (χ0) is 14.8. The van der Waals surface area contributed by atoms with Gasteiger partial charge in [-0.05, 0) is 24.3 Å². The minimum Gasteiger partial charge on any atom is -0.495 e. The first-order valence-electron chi connectivity index (χ1n) is 5.50. The topological polar surface area (TPSA) is 94.3 Å². The molecule has 0 aliphatic carbocycles. The summed E-state index contributed by atoms with van der Waals surface area (Å²) < 4.78 is 31.7. The summed E-state index contributed by atoms with van der Waals surface area (Å²) in [5, 5.41) is 0.307.